The summed E-state index contributed by atoms with van der Waals surface area (Å²) in [6.07, 6.45) is 3.48. The topological polar surface area (TPSA) is 63.2 Å². The van der Waals surface area contributed by atoms with Crippen molar-refractivity contribution in [1.29, 1.82) is 0 Å². The van der Waals surface area contributed by atoms with Gasteiger partial charge in [0.1, 0.15) is 5.75 Å². The van der Waals surface area contributed by atoms with Crippen LogP contribution >= 0.6 is 0 Å². The fourth-order valence-corrected chi connectivity index (χ4v) is 2.42. The van der Waals surface area contributed by atoms with Gasteiger partial charge < -0.3 is 15.4 Å². The summed E-state index contributed by atoms with van der Waals surface area (Å²) >= 11 is 0. The molecular formula is C18H17N3O2. The van der Waals surface area contributed by atoms with E-state index >= 15 is 0 Å². The van der Waals surface area contributed by atoms with E-state index in [0.29, 0.717) is 6.54 Å². The summed E-state index contributed by atoms with van der Waals surface area (Å²) in [4.78, 5) is 16.2. The van der Waals surface area contributed by atoms with Crippen LogP contribution in [0.5, 0.6) is 5.75 Å². The molecule has 0 bridgehead atoms. The highest BCUT2D eigenvalue weighted by molar-refractivity contribution is 6.01. The molecule has 0 aliphatic rings. The number of rotatable bonds is 4. The van der Waals surface area contributed by atoms with E-state index in [1.807, 2.05) is 48.5 Å². The molecule has 2 N–H and O–H groups in total. The van der Waals surface area contributed by atoms with Crippen molar-refractivity contribution >= 4 is 22.5 Å². The minimum absolute atomic E-state index is 0.264. The van der Waals surface area contributed by atoms with Gasteiger partial charge in [0.25, 0.3) is 0 Å². The average Bonchev–Trinajstić information content (AvgIpc) is 2.60. The zero-order valence-corrected chi connectivity index (χ0v) is 12.7. The van der Waals surface area contributed by atoms with Crippen LogP contribution in [0.3, 0.4) is 0 Å². The Labute approximate surface area is 134 Å². The van der Waals surface area contributed by atoms with E-state index in [9.17, 15) is 4.79 Å². The van der Waals surface area contributed by atoms with Crippen LogP contribution in [-0.4, -0.2) is 18.1 Å². The number of urea groups is 1. The number of carbonyl (C=O) groups excluding carboxylic acids is 1. The molecule has 0 aliphatic heterocycles. The fourth-order valence-electron chi connectivity index (χ4n) is 2.42. The predicted molar refractivity (Wildman–Crippen MR) is 90.6 cm³/mol. The molecule has 1 heterocycles. The Morgan fingerprint density at radius 2 is 2.00 bits per heavy atom. The second kappa shape index (κ2) is 6.79. The first-order valence-corrected chi connectivity index (χ1v) is 7.27. The van der Waals surface area contributed by atoms with Crippen LogP contribution in [0.1, 0.15) is 5.56 Å². The average molecular weight is 307 g/mol. The van der Waals surface area contributed by atoms with Gasteiger partial charge in [-0.1, -0.05) is 30.3 Å². The quantitative estimate of drug-likeness (QED) is 0.774. The number of fused-ring (bicyclic) bond motifs is 1. The fraction of sp³-hybridized carbons (Fsp3) is 0.111. The maximum atomic E-state index is 12.2. The molecule has 1 aromatic heterocycles. The van der Waals surface area contributed by atoms with E-state index in [1.54, 1.807) is 19.5 Å². The Bertz CT molecular complexity index is 828. The van der Waals surface area contributed by atoms with Gasteiger partial charge in [-0.05, 0) is 18.2 Å². The standard InChI is InChI=1S/C18H17N3O2/c1-23-17-8-3-2-5-14(17)12-20-18(22)21-16-7-4-6-13-11-19-10-9-15(13)16/h2-11H,12H2,1H3,(H2,20,21,22). The van der Waals surface area contributed by atoms with Crippen molar-refractivity contribution < 1.29 is 9.53 Å². The number of nitrogens with zero attached hydrogens (tertiary/aromatic N) is 1. The van der Waals surface area contributed by atoms with Gasteiger partial charge in [0.05, 0.1) is 12.8 Å². The zero-order valence-electron chi connectivity index (χ0n) is 12.7. The Hall–Kier alpha value is -3.08. The monoisotopic (exact) mass is 307 g/mol. The highest BCUT2D eigenvalue weighted by Gasteiger charge is 2.07. The summed E-state index contributed by atoms with van der Waals surface area (Å²) in [5.74, 6) is 0.754. The zero-order chi connectivity index (χ0) is 16.1. The predicted octanol–water partition coefficient (Wildman–Crippen LogP) is 3.57. The highest BCUT2D eigenvalue weighted by atomic mass is 16.5. The molecule has 5 nitrogen and oxygen atoms in total. The van der Waals surface area contributed by atoms with Crippen LogP contribution in [0, 0.1) is 0 Å². The van der Waals surface area contributed by atoms with E-state index in [2.05, 4.69) is 15.6 Å². The van der Waals surface area contributed by atoms with Crippen LogP contribution in [0.2, 0.25) is 0 Å². The third-order valence-electron chi connectivity index (χ3n) is 3.56. The van der Waals surface area contributed by atoms with E-state index < -0.39 is 0 Å². The number of carbonyl (C=O) groups is 1. The van der Waals surface area contributed by atoms with Gasteiger partial charge in [-0.25, -0.2) is 4.79 Å². The number of methoxy groups -OCH3 is 1. The smallest absolute Gasteiger partial charge is 0.319 e. The third kappa shape index (κ3) is 3.40. The summed E-state index contributed by atoms with van der Waals surface area (Å²) in [7, 11) is 1.61. The summed E-state index contributed by atoms with van der Waals surface area (Å²) in [5, 5.41) is 7.65. The molecule has 0 spiro atoms. The first-order valence-electron chi connectivity index (χ1n) is 7.27. The van der Waals surface area contributed by atoms with E-state index in [0.717, 1.165) is 27.8 Å². The highest BCUT2D eigenvalue weighted by Crippen LogP contribution is 2.22. The molecule has 0 unspecified atom stereocenters. The van der Waals surface area contributed by atoms with Gasteiger partial charge in [-0.15, -0.1) is 0 Å². The molecule has 5 heteroatoms. The lowest BCUT2D eigenvalue weighted by Gasteiger charge is -2.11. The number of aromatic nitrogens is 1. The van der Waals surface area contributed by atoms with Crippen molar-refractivity contribution in [3.05, 3.63) is 66.5 Å². The van der Waals surface area contributed by atoms with Crippen LogP contribution < -0.4 is 15.4 Å². The Balaban J connectivity index is 1.69. The van der Waals surface area contributed by atoms with Crippen LogP contribution in [0.15, 0.2) is 60.9 Å². The van der Waals surface area contributed by atoms with Crippen molar-refractivity contribution in [2.75, 3.05) is 12.4 Å². The number of benzene rings is 2. The lowest BCUT2D eigenvalue weighted by molar-refractivity contribution is 0.251. The molecule has 0 saturated heterocycles. The number of hydrogen-bond acceptors (Lipinski definition) is 3. The molecule has 2 amide bonds. The van der Waals surface area contributed by atoms with E-state index in [1.165, 1.54) is 0 Å². The largest absolute Gasteiger partial charge is 0.496 e. The molecule has 3 aromatic rings. The van der Waals surface area contributed by atoms with Gasteiger partial charge in [-0.2, -0.15) is 0 Å². The van der Waals surface area contributed by atoms with E-state index in [4.69, 9.17) is 4.74 Å². The normalized spacial score (nSPS) is 10.3. The van der Waals surface area contributed by atoms with Crippen molar-refractivity contribution in [2.24, 2.45) is 0 Å². The molecule has 116 valence electrons. The van der Waals surface area contributed by atoms with Crippen LogP contribution in [0.25, 0.3) is 10.8 Å². The lowest BCUT2D eigenvalue weighted by atomic mass is 10.1. The molecule has 0 fully saturated rings. The molecule has 3 rings (SSSR count). The number of pyridine rings is 1. The number of amides is 2. The van der Waals surface area contributed by atoms with Gasteiger partial charge in [0.15, 0.2) is 0 Å². The Morgan fingerprint density at radius 3 is 2.87 bits per heavy atom. The van der Waals surface area contributed by atoms with Crippen molar-refractivity contribution in [1.82, 2.24) is 10.3 Å². The van der Waals surface area contributed by atoms with Gasteiger partial charge in [0, 0.05) is 35.3 Å². The maximum Gasteiger partial charge on any atom is 0.319 e. The SMILES string of the molecule is COc1ccccc1CNC(=O)Nc1cccc2cnccc12. The summed E-state index contributed by atoms with van der Waals surface area (Å²) in [6, 6.07) is 14.9. The molecule has 0 radical (unpaired) electrons. The van der Waals surface area contributed by atoms with Gasteiger partial charge >= 0.3 is 6.03 Å². The number of nitrogens with one attached hydrogen (secondary N) is 2. The van der Waals surface area contributed by atoms with Crippen LogP contribution in [0.4, 0.5) is 10.5 Å². The lowest BCUT2D eigenvalue weighted by Crippen LogP contribution is -2.28. The summed E-state index contributed by atoms with van der Waals surface area (Å²) < 4.78 is 5.27. The minimum atomic E-state index is -0.264. The first kappa shape index (κ1) is 14.8. The maximum absolute atomic E-state index is 12.2. The van der Waals surface area contributed by atoms with Gasteiger partial charge in [0.2, 0.25) is 0 Å². The first-order chi connectivity index (χ1) is 11.3. The molecule has 0 saturated carbocycles. The molecule has 23 heavy (non-hydrogen) atoms. The van der Waals surface area contributed by atoms with Crippen molar-refractivity contribution in [2.45, 2.75) is 6.54 Å². The van der Waals surface area contributed by atoms with Crippen LogP contribution in [-0.2, 0) is 6.54 Å². The van der Waals surface area contributed by atoms with Crippen molar-refractivity contribution in [3.63, 3.8) is 0 Å². The number of anilines is 1. The van der Waals surface area contributed by atoms with E-state index in [-0.39, 0.29) is 6.03 Å². The molecule has 0 aliphatic carbocycles. The number of ether oxygens (including phenoxy) is 1. The Kier molecular flexibility index (Phi) is 4.38. The van der Waals surface area contributed by atoms with Gasteiger partial charge in [-0.3, -0.25) is 4.98 Å². The minimum Gasteiger partial charge on any atom is -0.496 e. The second-order valence-electron chi connectivity index (χ2n) is 5.02. The number of para-hydroxylation sites is 1. The summed E-state index contributed by atoms with van der Waals surface area (Å²) in [6.45, 7) is 0.391. The third-order valence-corrected chi connectivity index (χ3v) is 3.56. The molecule has 0 atom stereocenters. The summed E-state index contributed by atoms with van der Waals surface area (Å²) in [5.41, 5.74) is 1.68. The number of hydrogen-bond donors (Lipinski definition) is 2. The van der Waals surface area contributed by atoms with Crippen molar-refractivity contribution in [3.8, 4) is 5.75 Å². The Morgan fingerprint density at radius 1 is 1.13 bits per heavy atom. The second-order valence-corrected chi connectivity index (χ2v) is 5.02. The molecular weight excluding hydrogens is 290 g/mol. The molecule has 2 aromatic carbocycles.